The Hall–Kier alpha value is -0.103. The van der Waals surface area contributed by atoms with Crippen LogP contribution in [0.15, 0.2) is 0 Å². The third-order valence-corrected chi connectivity index (χ3v) is 6.54. The molecule has 0 fully saturated rings. The smallest absolute Gasteiger partial charge is 0.389 e. The van der Waals surface area contributed by atoms with Gasteiger partial charge in [0.25, 0.3) is 0 Å². The lowest BCUT2D eigenvalue weighted by atomic mass is 10.3. The van der Waals surface area contributed by atoms with Gasteiger partial charge in [-0.05, 0) is 6.42 Å². The second kappa shape index (κ2) is 15.2. The van der Waals surface area contributed by atoms with E-state index in [1.165, 1.54) is 0 Å². The summed E-state index contributed by atoms with van der Waals surface area (Å²) in [4.78, 5) is 2.10. The number of nitrogens with zero attached hydrogens (tertiary/aromatic N) is 1. The number of aliphatic hydroxyl groups is 1. The zero-order valence-electron chi connectivity index (χ0n) is 15.8. The molecule has 0 spiro atoms. The summed E-state index contributed by atoms with van der Waals surface area (Å²) >= 11 is 0. The van der Waals surface area contributed by atoms with Crippen molar-refractivity contribution < 1.29 is 32.6 Å². The first kappa shape index (κ1) is 23.9. The molecule has 0 aromatic rings. The lowest BCUT2D eigenvalue weighted by Gasteiger charge is -2.25. The van der Waals surface area contributed by atoms with Gasteiger partial charge in [-0.3, -0.25) is 4.90 Å². The predicted molar refractivity (Wildman–Crippen MR) is 93.2 cm³/mol. The van der Waals surface area contributed by atoms with Gasteiger partial charge in [0, 0.05) is 67.8 Å². The quantitative estimate of drug-likeness (QED) is 0.288. The summed E-state index contributed by atoms with van der Waals surface area (Å²) in [7, 11) is 5.59. The Balaban J connectivity index is 3.95. The fraction of sp³-hybridized carbons (Fsp3) is 1.00. The molecule has 1 atom stereocenters. The van der Waals surface area contributed by atoms with Crippen molar-refractivity contribution in [2.45, 2.75) is 18.6 Å². The van der Waals surface area contributed by atoms with Gasteiger partial charge in [-0.25, -0.2) is 0 Å². The second-order valence-electron chi connectivity index (χ2n) is 5.41. The molecule has 0 aromatic carbocycles. The largest absolute Gasteiger partial charge is 0.500 e. The van der Waals surface area contributed by atoms with Gasteiger partial charge in [-0.15, -0.1) is 0 Å². The number of ether oxygens (including phenoxy) is 3. The molecule has 146 valence electrons. The van der Waals surface area contributed by atoms with Crippen molar-refractivity contribution in [3.05, 3.63) is 0 Å². The molecule has 0 aliphatic rings. The lowest BCUT2D eigenvalue weighted by Crippen LogP contribution is -2.42. The van der Waals surface area contributed by atoms with Crippen molar-refractivity contribution in [3.8, 4) is 0 Å². The van der Waals surface area contributed by atoms with Gasteiger partial charge in [-0.1, -0.05) is 0 Å². The third-order valence-electron chi connectivity index (χ3n) is 3.71. The van der Waals surface area contributed by atoms with Crippen molar-refractivity contribution >= 4 is 8.80 Å². The van der Waals surface area contributed by atoms with Gasteiger partial charge in [0.1, 0.15) is 0 Å². The number of hydrogen-bond acceptors (Lipinski definition) is 8. The van der Waals surface area contributed by atoms with E-state index in [1.54, 1.807) is 35.5 Å². The molecule has 0 bridgehead atoms. The molecular weight excluding hydrogens is 334 g/mol. The minimum absolute atomic E-state index is 0.290. The summed E-state index contributed by atoms with van der Waals surface area (Å²) in [5.74, 6) is 0. The third kappa shape index (κ3) is 10.7. The van der Waals surface area contributed by atoms with Crippen LogP contribution in [0.5, 0.6) is 0 Å². The Labute approximate surface area is 147 Å². The van der Waals surface area contributed by atoms with Crippen LogP contribution in [0, 0.1) is 0 Å². The van der Waals surface area contributed by atoms with E-state index in [0.29, 0.717) is 32.4 Å². The summed E-state index contributed by atoms with van der Waals surface area (Å²) in [6, 6.07) is 0.681. The van der Waals surface area contributed by atoms with Gasteiger partial charge in [-0.2, -0.15) is 0 Å². The molecule has 0 saturated carbocycles. The molecule has 0 amide bonds. The molecule has 1 unspecified atom stereocenters. The molecule has 24 heavy (non-hydrogen) atoms. The zero-order chi connectivity index (χ0) is 18.3. The number of methoxy groups -OCH3 is 2. The highest BCUT2D eigenvalue weighted by molar-refractivity contribution is 6.60. The van der Waals surface area contributed by atoms with E-state index in [0.717, 1.165) is 19.5 Å². The van der Waals surface area contributed by atoms with Crippen LogP contribution < -0.4 is 0 Å². The van der Waals surface area contributed by atoms with Crippen molar-refractivity contribution in [1.29, 1.82) is 0 Å². The summed E-state index contributed by atoms with van der Waals surface area (Å²) in [6.07, 6.45) is 0.207. The monoisotopic (exact) mass is 369 g/mol. The van der Waals surface area contributed by atoms with E-state index in [4.69, 9.17) is 27.5 Å². The zero-order valence-corrected chi connectivity index (χ0v) is 16.8. The number of aliphatic hydroxyl groups excluding tert-OH is 1. The van der Waals surface area contributed by atoms with E-state index in [-0.39, 0.29) is 6.61 Å². The highest BCUT2D eigenvalue weighted by Crippen LogP contribution is 2.14. The molecule has 0 aromatic heterocycles. The Bertz CT molecular complexity index is 266. The van der Waals surface area contributed by atoms with Gasteiger partial charge >= 0.3 is 8.80 Å². The number of hydrogen-bond donors (Lipinski definition) is 1. The Morgan fingerprint density at radius 3 is 1.88 bits per heavy atom. The number of rotatable bonds is 17. The maximum absolute atomic E-state index is 10.1. The minimum atomic E-state index is -2.53. The second-order valence-corrected chi connectivity index (χ2v) is 8.50. The summed E-state index contributed by atoms with van der Waals surface area (Å²) in [5, 5.41) is 10.1. The average molecular weight is 370 g/mol. The van der Waals surface area contributed by atoms with E-state index in [1.807, 2.05) is 0 Å². The van der Waals surface area contributed by atoms with Crippen LogP contribution in [0.25, 0.3) is 0 Å². The first-order valence-electron chi connectivity index (χ1n) is 8.19. The van der Waals surface area contributed by atoms with E-state index >= 15 is 0 Å². The summed E-state index contributed by atoms with van der Waals surface area (Å²) in [6.45, 7) is 4.08. The SMILES string of the molecule is COCCN(CCOC)CC(O)COCCC[Si](OC)(OC)OC. The van der Waals surface area contributed by atoms with Gasteiger partial charge < -0.3 is 32.6 Å². The average Bonchev–Trinajstić information content (AvgIpc) is 2.61. The Morgan fingerprint density at radius 1 is 0.875 bits per heavy atom. The van der Waals surface area contributed by atoms with Gasteiger partial charge in [0.05, 0.1) is 25.9 Å². The van der Waals surface area contributed by atoms with Crippen molar-refractivity contribution in [3.63, 3.8) is 0 Å². The predicted octanol–water partition coefficient (Wildman–Crippen LogP) is 0.227. The molecule has 0 saturated heterocycles. The lowest BCUT2D eigenvalue weighted by molar-refractivity contribution is 0.00729. The fourth-order valence-electron chi connectivity index (χ4n) is 2.25. The minimum Gasteiger partial charge on any atom is -0.389 e. The van der Waals surface area contributed by atoms with Crippen LogP contribution in [0.4, 0.5) is 0 Å². The van der Waals surface area contributed by atoms with Crippen LogP contribution in [-0.4, -0.2) is 107 Å². The summed E-state index contributed by atoms with van der Waals surface area (Å²) < 4.78 is 31.8. The standard InChI is InChI=1S/C15H35NO7Si/c1-18-10-7-16(8-11-19-2)13-15(17)14-23-9-6-12-24(20-3,21-4)22-5/h15,17H,6-14H2,1-5H3. The fourth-order valence-corrected chi connectivity index (χ4v) is 3.94. The maximum atomic E-state index is 10.1. The molecule has 1 N–H and O–H groups in total. The Kier molecular flexibility index (Phi) is 15.1. The molecule has 8 nitrogen and oxygen atoms in total. The van der Waals surface area contributed by atoms with Crippen LogP contribution in [0.1, 0.15) is 6.42 Å². The van der Waals surface area contributed by atoms with Crippen molar-refractivity contribution in [2.24, 2.45) is 0 Å². The molecule has 0 aliphatic heterocycles. The van der Waals surface area contributed by atoms with Crippen molar-refractivity contribution in [2.75, 3.05) is 81.6 Å². The molecular formula is C15H35NO7Si. The first-order chi connectivity index (χ1) is 11.6. The maximum Gasteiger partial charge on any atom is 0.500 e. The van der Waals surface area contributed by atoms with Crippen LogP contribution in [-0.2, 0) is 27.5 Å². The molecule has 0 aliphatic carbocycles. The molecule has 0 heterocycles. The summed E-state index contributed by atoms with van der Waals surface area (Å²) in [5.41, 5.74) is 0. The highest BCUT2D eigenvalue weighted by atomic mass is 28.4. The van der Waals surface area contributed by atoms with Crippen molar-refractivity contribution in [1.82, 2.24) is 4.90 Å². The highest BCUT2D eigenvalue weighted by Gasteiger charge is 2.36. The van der Waals surface area contributed by atoms with E-state index in [2.05, 4.69) is 4.90 Å². The van der Waals surface area contributed by atoms with Crippen LogP contribution in [0.2, 0.25) is 6.04 Å². The van der Waals surface area contributed by atoms with Crippen LogP contribution >= 0.6 is 0 Å². The van der Waals surface area contributed by atoms with E-state index in [9.17, 15) is 5.11 Å². The molecule has 9 heteroatoms. The normalized spacial score (nSPS) is 13.6. The first-order valence-corrected chi connectivity index (χ1v) is 10.1. The van der Waals surface area contributed by atoms with E-state index < -0.39 is 14.9 Å². The Morgan fingerprint density at radius 2 is 1.42 bits per heavy atom. The topological polar surface area (TPSA) is 78.9 Å². The molecule has 0 radical (unpaired) electrons. The molecule has 0 rings (SSSR count). The van der Waals surface area contributed by atoms with Gasteiger partial charge in [0.2, 0.25) is 0 Å². The van der Waals surface area contributed by atoms with Crippen LogP contribution in [0.3, 0.4) is 0 Å². The van der Waals surface area contributed by atoms with Gasteiger partial charge in [0.15, 0.2) is 0 Å².